The van der Waals surface area contributed by atoms with Crippen LogP contribution in [0.1, 0.15) is 70.8 Å². The van der Waals surface area contributed by atoms with Crippen molar-refractivity contribution in [1.29, 1.82) is 5.26 Å². The molecule has 2 amide bonds. The Morgan fingerprint density at radius 1 is 1.29 bits per heavy atom. The third-order valence-electron chi connectivity index (χ3n) is 8.18. The van der Waals surface area contributed by atoms with E-state index in [9.17, 15) is 14.9 Å². The van der Waals surface area contributed by atoms with Gasteiger partial charge in [0, 0.05) is 47.0 Å². The van der Waals surface area contributed by atoms with E-state index >= 15 is 4.39 Å². The Bertz CT molecular complexity index is 1510. The normalized spacial score (nSPS) is 24.4. The summed E-state index contributed by atoms with van der Waals surface area (Å²) in [6.07, 6.45) is 6.88. The molecule has 2 aromatic heterocycles. The van der Waals surface area contributed by atoms with Crippen LogP contribution in [0.25, 0.3) is 0 Å². The fourth-order valence-electron chi connectivity index (χ4n) is 5.67. The van der Waals surface area contributed by atoms with Crippen LogP contribution in [0.15, 0.2) is 36.8 Å². The molecule has 1 aliphatic heterocycles. The second-order valence-corrected chi connectivity index (χ2v) is 11.0. The van der Waals surface area contributed by atoms with Gasteiger partial charge in [-0.3, -0.25) is 19.2 Å². The summed E-state index contributed by atoms with van der Waals surface area (Å²) in [5.41, 5.74) is 2.58. The first-order valence-corrected chi connectivity index (χ1v) is 13.1. The van der Waals surface area contributed by atoms with E-state index in [1.165, 1.54) is 12.4 Å². The molecular weight excluding hydrogens is 507 g/mol. The fourth-order valence-corrected chi connectivity index (χ4v) is 5.85. The summed E-state index contributed by atoms with van der Waals surface area (Å²) in [5.74, 6) is 0.352. The summed E-state index contributed by atoms with van der Waals surface area (Å²) in [7, 11) is 0. The molecule has 10 heteroatoms. The third kappa shape index (κ3) is 4.13. The van der Waals surface area contributed by atoms with Gasteiger partial charge in [0.2, 0.25) is 5.91 Å². The number of hydrogen-bond donors (Lipinski definition) is 1. The van der Waals surface area contributed by atoms with Crippen molar-refractivity contribution in [1.82, 2.24) is 20.1 Å². The number of amides is 2. The van der Waals surface area contributed by atoms with E-state index in [1.807, 2.05) is 6.07 Å². The number of nitriles is 1. The highest BCUT2D eigenvalue weighted by atomic mass is 35.5. The smallest absolute Gasteiger partial charge is 0.254 e. The van der Waals surface area contributed by atoms with Crippen molar-refractivity contribution in [3.05, 3.63) is 75.4 Å². The molecule has 3 aliphatic rings. The average Bonchev–Trinajstić information content (AvgIpc) is 3.33. The van der Waals surface area contributed by atoms with E-state index in [-0.39, 0.29) is 29.7 Å². The zero-order valence-corrected chi connectivity index (χ0v) is 21.7. The first-order valence-electron chi connectivity index (χ1n) is 12.8. The highest BCUT2D eigenvalue weighted by Crippen LogP contribution is 2.47. The van der Waals surface area contributed by atoms with Gasteiger partial charge in [-0.1, -0.05) is 11.6 Å². The number of benzene rings is 1. The maximum absolute atomic E-state index is 15.4. The first-order chi connectivity index (χ1) is 18.2. The fraction of sp³-hybridized carbons (Fsp3) is 0.393. The number of piperidine rings is 1. The SMILES string of the molecule is Cc1c(N2C[C@H]3C[C@H]3C2=O)ncc([C@@H](C)n2cc(C(=O)N[C@H]3C[C@@H](c4cc(Cl)ccc4C#N)C3)cn2)c1F. The van der Waals surface area contributed by atoms with Crippen molar-refractivity contribution in [3.63, 3.8) is 0 Å². The molecule has 6 rings (SSSR count). The molecule has 194 valence electrons. The van der Waals surface area contributed by atoms with Gasteiger partial charge in [0.1, 0.15) is 11.6 Å². The Hall–Kier alpha value is -3.77. The molecule has 3 fully saturated rings. The van der Waals surface area contributed by atoms with Crippen LogP contribution in [-0.4, -0.2) is 39.2 Å². The van der Waals surface area contributed by atoms with Gasteiger partial charge >= 0.3 is 0 Å². The van der Waals surface area contributed by atoms with Gasteiger partial charge in [0.15, 0.2) is 0 Å². The molecule has 1 N–H and O–H groups in total. The topological polar surface area (TPSA) is 104 Å². The molecule has 2 saturated carbocycles. The lowest BCUT2D eigenvalue weighted by molar-refractivity contribution is -0.118. The molecule has 0 unspecified atom stereocenters. The van der Waals surface area contributed by atoms with Crippen molar-refractivity contribution in [3.8, 4) is 6.07 Å². The van der Waals surface area contributed by atoms with E-state index in [2.05, 4.69) is 21.5 Å². The molecule has 3 heterocycles. The second-order valence-electron chi connectivity index (χ2n) is 10.6. The van der Waals surface area contributed by atoms with E-state index in [4.69, 9.17) is 11.6 Å². The number of halogens is 2. The van der Waals surface area contributed by atoms with E-state index in [1.54, 1.807) is 41.8 Å². The van der Waals surface area contributed by atoms with Crippen LogP contribution >= 0.6 is 11.6 Å². The molecule has 0 spiro atoms. The highest BCUT2D eigenvalue weighted by molar-refractivity contribution is 6.30. The molecule has 0 bridgehead atoms. The molecule has 2 aliphatic carbocycles. The Kier molecular flexibility index (Phi) is 5.95. The van der Waals surface area contributed by atoms with Crippen LogP contribution in [0.2, 0.25) is 5.02 Å². The average molecular weight is 533 g/mol. The van der Waals surface area contributed by atoms with Crippen LogP contribution in [0.5, 0.6) is 0 Å². The Balaban J connectivity index is 1.11. The van der Waals surface area contributed by atoms with Crippen molar-refractivity contribution in [2.75, 3.05) is 11.4 Å². The molecule has 0 radical (unpaired) electrons. The minimum atomic E-state index is -0.500. The minimum absolute atomic E-state index is 0.0185. The number of hydrogen-bond acceptors (Lipinski definition) is 5. The lowest BCUT2D eigenvalue weighted by Gasteiger charge is -2.36. The zero-order valence-electron chi connectivity index (χ0n) is 21.0. The van der Waals surface area contributed by atoms with Gasteiger partial charge in [-0.15, -0.1) is 0 Å². The van der Waals surface area contributed by atoms with Crippen LogP contribution < -0.4 is 10.2 Å². The predicted molar refractivity (Wildman–Crippen MR) is 138 cm³/mol. The van der Waals surface area contributed by atoms with Gasteiger partial charge < -0.3 is 5.32 Å². The van der Waals surface area contributed by atoms with E-state index < -0.39 is 11.9 Å². The highest BCUT2D eigenvalue weighted by Gasteiger charge is 2.53. The van der Waals surface area contributed by atoms with Gasteiger partial charge in [-0.05, 0) is 68.7 Å². The van der Waals surface area contributed by atoms with Gasteiger partial charge in [0.05, 0.1) is 29.4 Å². The zero-order chi connectivity index (χ0) is 26.7. The summed E-state index contributed by atoms with van der Waals surface area (Å²) in [6.45, 7) is 4.03. The lowest BCUT2D eigenvalue weighted by atomic mass is 9.74. The Morgan fingerprint density at radius 3 is 2.79 bits per heavy atom. The molecule has 3 aromatic rings. The summed E-state index contributed by atoms with van der Waals surface area (Å²) in [6, 6.07) is 6.93. The molecular formula is C28H26ClFN6O2. The van der Waals surface area contributed by atoms with Gasteiger partial charge in [-0.2, -0.15) is 10.4 Å². The monoisotopic (exact) mass is 532 g/mol. The maximum Gasteiger partial charge on any atom is 0.254 e. The van der Waals surface area contributed by atoms with Gasteiger partial charge in [0.25, 0.3) is 5.91 Å². The van der Waals surface area contributed by atoms with Gasteiger partial charge in [-0.25, -0.2) is 9.37 Å². The first kappa shape index (κ1) is 24.6. The van der Waals surface area contributed by atoms with Crippen molar-refractivity contribution >= 4 is 29.2 Å². The van der Waals surface area contributed by atoms with Crippen molar-refractivity contribution in [2.45, 2.75) is 51.1 Å². The number of nitrogens with one attached hydrogen (secondary N) is 1. The van der Waals surface area contributed by atoms with Crippen LogP contribution in [0, 0.1) is 35.9 Å². The summed E-state index contributed by atoms with van der Waals surface area (Å²) in [4.78, 5) is 31.3. The number of carbonyl (C=O) groups excluding carboxylic acids is 2. The van der Waals surface area contributed by atoms with Crippen LogP contribution in [0.3, 0.4) is 0 Å². The molecule has 38 heavy (non-hydrogen) atoms. The minimum Gasteiger partial charge on any atom is -0.349 e. The number of aromatic nitrogens is 3. The van der Waals surface area contributed by atoms with Crippen molar-refractivity contribution in [2.24, 2.45) is 11.8 Å². The standard InChI is InChI=1S/C28H26ClFN6O2/c1-14-25(30)24(11-32-26(14)35-12-18-7-23(18)28(35)38)15(2)36-13-19(10-33-36)27(37)34-21-5-17(6-21)22-8-20(29)4-3-16(22)9-31/h3-4,8,10-11,13,15,17-18,21,23H,5-7,12H2,1-2H3,(H,34,37)/t15-,17-,18-,21+,23-/m1/s1. The molecule has 1 saturated heterocycles. The Morgan fingerprint density at radius 2 is 2.08 bits per heavy atom. The molecule has 3 atom stereocenters. The number of anilines is 1. The summed E-state index contributed by atoms with van der Waals surface area (Å²) < 4.78 is 16.9. The Labute approximate surface area is 224 Å². The van der Waals surface area contributed by atoms with E-state index in [0.29, 0.717) is 45.6 Å². The second kappa shape index (κ2) is 9.21. The van der Waals surface area contributed by atoms with Crippen LogP contribution in [-0.2, 0) is 4.79 Å². The van der Waals surface area contributed by atoms with E-state index in [0.717, 1.165) is 24.8 Å². The number of rotatable bonds is 6. The maximum atomic E-state index is 15.4. The van der Waals surface area contributed by atoms with Crippen molar-refractivity contribution < 1.29 is 14.0 Å². The number of carbonyl (C=O) groups is 2. The predicted octanol–water partition coefficient (Wildman–Crippen LogP) is 4.52. The lowest BCUT2D eigenvalue weighted by Crippen LogP contribution is -2.43. The number of fused-ring (bicyclic) bond motifs is 1. The molecule has 8 nitrogen and oxygen atoms in total. The summed E-state index contributed by atoms with van der Waals surface area (Å²) in [5, 5.41) is 17.3. The number of pyridine rings is 1. The largest absolute Gasteiger partial charge is 0.349 e. The quantitative estimate of drug-likeness (QED) is 0.502. The number of nitrogens with zero attached hydrogens (tertiary/aromatic N) is 5. The molecule has 1 aromatic carbocycles. The third-order valence-corrected chi connectivity index (χ3v) is 8.42. The summed E-state index contributed by atoms with van der Waals surface area (Å²) >= 11 is 6.11. The van der Waals surface area contributed by atoms with Crippen LogP contribution in [0.4, 0.5) is 10.2 Å².